The predicted molar refractivity (Wildman–Crippen MR) is 83.4 cm³/mol. The number of carbonyl (C=O) groups is 1. The van der Waals surface area contributed by atoms with E-state index in [0.29, 0.717) is 13.1 Å². The van der Waals surface area contributed by atoms with Gasteiger partial charge in [-0.3, -0.25) is 4.90 Å². The number of likely N-dealkylation sites (N-methyl/N-ethyl adjacent to an activating group) is 1. The zero-order valence-electron chi connectivity index (χ0n) is 13.5. The SMILES string of the molecule is CN(CCO)C(=O)NC1CCN(Cc2ccc(C(F)(F)F)cc2)C1. The zero-order valence-corrected chi connectivity index (χ0v) is 13.5. The molecule has 1 atom stereocenters. The minimum atomic E-state index is -4.32. The Morgan fingerprint density at radius 2 is 2.04 bits per heavy atom. The van der Waals surface area contributed by atoms with Gasteiger partial charge in [-0.2, -0.15) is 13.2 Å². The van der Waals surface area contributed by atoms with Crippen molar-refractivity contribution in [1.29, 1.82) is 0 Å². The van der Waals surface area contributed by atoms with Crippen molar-refractivity contribution in [2.75, 3.05) is 33.3 Å². The molecule has 1 unspecified atom stereocenters. The third-order valence-electron chi connectivity index (χ3n) is 4.07. The van der Waals surface area contributed by atoms with Gasteiger partial charge in [0.25, 0.3) is 0 Å². The van der Waals surface area contributed by atoms with Crippen molar-refractivity contribution in [2.45, 2.75) is 25.2 Å². The quantitative estimate of drug-likeness (QED) is 0.857. The topological polar surface area (TPSA) is 55.8 Å². The summed E-state index contributed by atoms with van der Waals surface area (Å²) in [5.74, 6) is 0. The van der Waals surface area contributed by atoms with Gasteiger partial charge in [0.15, 0.2) is 0 Å². The van der Waals surface area contributed by atoms with Gasteiger partial charge >= 0.3 is 12.2 Å². The smallest absolute Gasteiger partial charge is 0.395 e. The number of rotatable bonds is 5. The average molecular weight is 345 g/mol. The molecule has 8 heteroatoms. The molecule has 0 radical (unpaired) electrons. The number of alkyl halides is 3. The fourth-order valence-electron chi connectivity index (χ4n) is 2.69. The Bertz CT molecular complexity index is 548. The highest BCUT2D eigenvalue weighted by Crippen LogP contribution is 2.29. The van der Waals surface area contributed by atoms with E-state index in [1.807, 2.05) is 0 Å². The molecule has 2 N–H and O–H groups in total. The molecule has 1 aliphatic rings. The largest absolute Gasteiger partial charge is 0.416 e. The molecule has 2 rings (SSSR count). The third-order valence-corrected chi connectivity index (χ3v) is 4.07. The van der Waals surface area contributed by atoms with Crippen LogP contribution >= 0.6 is 0 Å². The van der Waals surface area contributed by atoms with Crippen LogP contribution in [0.2, 0.25) is 0 Å². The molecule has 5 nitrogen and oxygen atoms in total. The molecule has 134 valence electrons. The second-order valence-electron chi connectivity index (χ2n) is 6.01. The number of hydrogen-bond donors (Lipinski definition) is 2. The van der Waals surface area contributed by atoms with Gasteiger partial charge in [0.05, 0.1) is 12.2 Å². The summed E-state index contributed by atoms with van der Waals surface area (Å²) < 4.78 is 37.6. The number of carbonyl (C=O) groups excluding carboxylic acids is 1. The highest BCUT2D eigenvalue weighted by molar-refractivity contribution is 5.74. The van der Waals surface area contributed by atoms with Crippen molar-refractivity contribution < 1.29 is 23.1 Å². The molecule has 0 spiro atoms. The van der Waals surface area contributed by atoms with Crippen LogP contribution in [-0.4, -0.2) is 60.3 Å². The van der Waals surface area contributed by atoms with Crippen molar-refractivity contribution in [2.24, 2.45) is 0 Å². The maximum atomic E-state index is 12.5. The summed E-state index contributed by atoms with van der Waals surface area (Å²) in [5, 5.41) is 11.7. The van der Waals surface area contributed by atoms with Crippen molar-refractivity contribution in [1.82, 2.24) is 15.1 Å². The van der Waals surface area contributed by atoms with E-state index in [0.717, 1.165) is 30.7 Å². The van der Waals surface area contributed by atoms with Crippen LogP contribution in [0.4, 0.5) is 18.0 Å². The van der Waals surface area contributed by atoms with Gasteiger partial charge in [0, 0.05) is 39.3 Å². The maximum absolute atomic E-state index is 12.5. The van der Waals surface area contributed by atoms with Crippen LogP contribution in [0.3, 0.4) is 0 Å². The van der Waals surface area contributed by atoms with E-state index < -0.39 is 11.7 Å². The Balaban J connectivity index is 1.82. The summed E-state index contributed by atoms with van der Waals surface area (Å²) in [4.78, 5) is 15.4. The van der Waals surface area contributed by atoms with Crippen LogP contribution in [0.15, 0.2) is 24.3 Å². The molecule has 2 amide bonds. The first-order chi connectivity index (χ1) is 11.3. The minimum absolute atomic E-state index is 0.00749. The lowest BCUT2D eigenvalue weighted by atomic mass is 10.1. The van der Waals surface area contributed by atoms with E-state index in [9.17, 15) is 18.0 Å². The average Bonchev–Trinajstić information content (AvgIpc) is 2.94. The Morgan fingerprint density at radius 1 is 1.38 bits per heavy atom. The Kier molecular flexibility index (Phi) is 6.06. The lowest BCUT2D eigenvalue weighted by molar-refractivity contribution is -0.137. The van der Waals surface area contributed by atoms with Gasteiger partial charge in [-0.05, 0) is 24.1 Å². The zero-order chi connectivity index (χ0) is 17.7. The molecule has 1 fully saturated rings. The van der Waals surface area contributed by atoms with Gasteiger partial charge in [-0.1, -0.05) is 12.1 Å². The standard InChI is InChI=1S/C16H22F3N3O2/c1-21(8-9-23)15(24)20-14-6-7-22(11-14)10-12-2-4-13(5-3-12)16(17,18)19/h2-5,14,23H,6-11H2,1H3,(H,20,24). The summed E-state index contributed by atoms with van der Waals surface area (Å²) in [6.07, 6.45) is -3.53. The van der Waals surface area contributed by atoms with Crippen molar-refractivity contribution in [3.05, 3.63) is 35.4 Å². The van der Waals surface area contributed by atoms with E-state index >= 15 is 0 Å². The molecule has 1 aromatic rings. The number of amides is 2. The summed E-state index contributed by atoms with van der Waals surface area (Å²) in [6, 6.07) is 4.94. The monoisotopic (exact) mass is 345 g/mol. The summed E-state index contributed by atoms with van der Waals surface area (Å²) in [5.41, 5.74) is 0.164. The van der Waals surface area contributed by atoms with Gasteiger partial charge in [0.2, 0.25) is 0 Å². The van der Waals surface area contributed by atoms with Gasteiger partial charge in [-0.15, -0.1) is 0 Å². The number of aliphatic hydroxyl groups excluding tert-OH is 1. The molecule has 1 aliphatic heterocycles. The number of urea groups is 1. The molecule has 1 saturated heterocycles. The van der Waals surface area contributed by atoms with Crippen molar-refractivity contribution in [3.63, 3.8) is 0 Å². The van der Waals surface area contributed by atoms with Gasteiger partial charge < -0.3 is 15.3 Å². The van der Waals surface area contributed by atoms with Crippen LogP contribution in [0.25, 0.3) is 0 Å². The fraction of sp³-hybridized carbons (Fsp3) is 0.562. The third kappa shape index (κ3) is 5.10. The summed E-state index contributed by atoms with van der Waals surface area (Å²) in [7, 11) is 1.61. The van der Waals surface area contributed by atoms with Gasteiger partial charge in [0.1, 0.15) is 0 Å². The highest BCUT2D eigenvalue weighted by atomic mass is 19.4. The van der Waals surface area contributed by atoms with Crippen LogP contribution in [-0.2, 0) is 12.7 Å². The molecule has 1 aromatic carbocycles. The molecular formula is C16H22F3N3O2. The normalized spacial score (nSPS) is 18.6. The molecule has 0 aromatic heterocycles. The first-order valence-electron chi connectivity index (χ1n) is 7.80. The lowest BCUT2D eigenvalue weighted by Crippen LogP contribution is -2.45. The van der Waals surface area contributed by atoms with E-state index in [2.05, 4.69) is 10.2 Å². The van der Waals surface area contributed by atoms with E-state index in [-0.39, 0.29) is 25.2 Å². The van der Waals surface area contributed by atoms with Crippen LogP contribution < -0.4 is 5.32 Å². The first kappa shape index (κ1) is 18.5. The minimum Gasteiger partial charge on any atom is -0.395 e. The lowest BCUT2D eigenvalue weighted by Gasteiger charge is -2.21. The Labute approximate surface area is 139 Å². The van der Waals surface area contributed by atoms with Crippen LogP contribution in [0, 0.1) is 0 Å². The molecule has 0 aliphatic carbocycles. The number of halogens is 3. The second kappa shape index (κ2) is 7.85. The Hall–Kier alpha value is -1.80. The molecule has 0 bridgehead atoms. The number of hydrogen-bond acceptors (Lipinski definition) is 3. The fourth-order valence-corrected chi connectivity index (χ4v) is 2.69. The second-order valence-corrected chi connectivity index (χ2v) is 6.01. The Morgan fingerprint density at radius 3 is 2.62 bits per heavy atom. The van der Waals surface area contributed by atoms with Gasteiger partial charge in [-0.25, -0.2) is 4.79 Å². The number of aliphatic hydroxyl groups is 1. The van der Waals surface area contributed by atoms with Crippen LogP contribution in [0.5, 0.6) is 0 Å². The number of nitrogens with zero attached hydrogens (tertiary/aromatic N) is 2. The molecule has 1 heterocycles. The number of nitrogens with one attached hydrogen (secondary N) is 1. The van der Waals surface area contributed by atoms with Crippen molar-refractivity contribution >= 4 is 6.03 Å². The molecule has 0 saturated carbocycles. The molecular weight excluding hydrogens is 323 g/mol. The number of likely N-dealkylation sites (tertiary alicyclic amines) is 1. The van der Waals surface area contributed by atoms with Crippen LogP contribution in [0.1, 0.15) is 17.5 Å². The first-order valence-corrected chi connectivity index (χ1v) is 7.80. The molecule has 24 heavy (non-hydrogen) atoms. The van der Waals surface area contributed by atoms with Crippen molar-refractivity contribution in [3.8, 4) is 0 Å². The maximum Gasteiger partial charge on any atom is 0.416 e. The highest BCUT2D eigenvalue weighted by Gasteiger charge is 2.30. The van der Waals surface area contributed by atoms with E-state index in [1.54, 1.807) is 7.05 Å². The summed E-state index contributed by atoms with van der Waals surface area (Å²) in [6.45, 7) is 2.16. The number of benzene rings is 1. The summed E-state index contributed by atoms with van der Waals surface area (Å²) >= 11 is 0. The predicted octanol–water partition coefficient (Wildman–Crippen LogP) is 1.91. The van der Waals surface area contributed by atoms with E-state index in [4.69, 9.17) is 5.11 Å². The van der Waals surface area contributed by atoms with E-state index in [1.165, 1.54) is 17.0 Å².